The van der Waals surface area contributed by atoms with E-state index >= 15 is 0 Å². The number of aliphatic hydroxyl groups excluding tert-OH is 1. The fourth-order valence-corrected chi connectivity index (χ4v) is 7.83. The molecule has 4 aromatic carbocycles. The van der Waals surface area contributed by atoms with Crippen molar-refractivity contribution in [1.29, 1.82) is 0 Å². The third-order valence-corrected chi connectivity index (χ3v) is 10.9. The van der Waals surface area contributed by atoms with E-state index in [1.54, 1.807) is 23.3 Å². The van der Waals surface area contributed by atoms with Gasteiger partial charge in [0.25, 0.3) is 0 Å². The number of fused-ring (bicyclic) bond motifs is 6. The maximum atomic E-state index is 10.5. The van der Waals surface area contributed by atoms with Gasteiger partial charge < -0.3 is 23.9 Å². The number of para-hydroxylation sites is 2. The van der Waals surface area contributed by atoms with Gasteiger partial charge in [-0.15, -0.1) is 0 Å². The Bertz CT molecular complexity index is 2910. The minimum absolute atomic E-state index is 0.0914. The van der Waals surface area contributed by atoms with E-state index < -0.39 is 6.10 Å². The number of hydrogen-bond acceptors (Lipinski definition) is 9. The van der Waals surface area contributed by atoms with E-state index in [1.807, 2.05) is 84.9 Å². The van der Waals surface area contributed by atoms with Gasteiger partial charge in [-0.05, 0) is 60.7 Å². The molecule has 0 aliphatic carbocycles. The molecule has 9 aromatic rings. The van der Waals surface area contributed by atoms with Crippen molar-refractivity contribution < 1.29 is 19.3 Å². The molecule has 1 aliphatic heterocycles. The number of epoxide rings is 1. The Morgan fingerprint density at radius 2 is 1.24 bits per heavy atom. The van der Waals surface area contributed by atoms with Crippen molar-refractivity contribution in [3.05, 3.63) is 123 Å². The summed E-state index contributed by atoms with van der Waals surface area (Å²) in [5.74, 6) is 1.29. The predicted octanol–water partition coefficient (Wildman–Crippen LogP) is 10.1. The van der Waals surface area contributed by atoms with Crippen molar-refractivity contribution in [2.45, 2.75) is 18.8 Å². The first-order valence-corrected chi connectivity index (χ1v) is 19.6. The van der Waals surface area contributed by atoms with Crippen molar-refractivity contribution in [3.63, 3.8) is 0 Å². The van der Waals surface area contributed by atoms with Crippen LogP contribution in [-0.4, -0.2) is 66.6 Å². The molecule has 2 atom stereocenters. The van der Waals surface area contributed by atoms with Crippen LogP contribution in [0.3, 0.4) is 0 Å². The maximum Gasteiger partial charge on any atom is 0.165 e. The Morgan fingerprint density at radius 1 is 0.727 bits per heavy atom. The zero-order chi connectivity index (χ0) is 37.6. The summed E-state index contributed by atoms with van der Waals surface area (Å²) in [4.78, 5) is 22.8. The number of hydrogen-bond donors (Lipinski definition) is 1. The van der Waals surface area contributed by atoms with E-state index in [0.717, 1.165) is 70.3 Å². The number of benzene rings is 4. The van der Waals surface area contributed by atoms with Crippen LogP contribution in [0.2, 0.25) is 10.0 Å². The maximum absolute atomic E-state index is 10.5. The minimum Gasteiger partial charge on any atom is -0.489 e. The van der Waals surface area contributed by atoms with Crippen LogP contribution < -0.4 is 9.47 Å². The van der Waals surface area contributed by atoms with Gasteiger partial charge in [0, 0.05) is 42.9 Å². The van der Waals surface area contributed by atoms with Crippen LogP contribution in [0.15, 0.2) is 113 Å². The van der Waals surface area contributed by atoms with Gasteiger partial charge in [-0.25, -0.2) is 24.9 Å². The van der Waals surface area contributed by atoms with Gasteiger partial charge >= 0.3 is 0 Å². The molecule has 1 aliphatic rings. The number of pyridine rings is 4. The van der Waals surface area contributed by atoms with Crippen LogP contribution in [-0.2, 0) is 11.3 Å². The normalized spacial score (nSPS) is 14.5. The highest BCUT2D eigenvalue weighted by Gasteiger charge is 2.25. The molecule has 0 radical (unpaired) electrons. The third kappa shape index (κ3) is 7.26. The molecule has 55 heavy (non-hydrogen) atoms. The topological polar surface area (TPSA) is 121 Å². The van der Waals surface area contributed by atoms with E-state index in [-0.39, 0.29) is 12.7 Å². The minimum atomic E-state index is -0.720. The largest absolute Gasteiger partial charge is 0.489 e. The second kappa shape index (κ2) is 15.1. The fraction of sp³-hybridized carbons (Fsp3) is 0.146. The average Bonchev–Trinajstić information content (AvgIpc) is 3.88. The first-order valence-electron chi connectivity index (χ1n) is 17.3. The lowest BCUT2D eigenvalue weighted by Gasteiger charge is -2.17. The monoisotopic (exact) mass is 896 g/mol. The Balaban J connectivity index is 0.000000147. The molecule has 5 aromatic heterocycles. The summed E-state index contributed by atoms with van der Waals surface area (Å²) in [6.07, 6.45) is 4.56. The zero-order valence-corrected chi connectivity index (χ0v) is 33.3. The fourth-order valence-electron chi connectivity index (χ4n) is 6.47. The molecule has 0 amide bonds. The van der Waals surface area contributed by atoms with E-state index in [9.17, 15) is 5.11 Å². The molecular weight excluding hydrogens is 871 g/mol. The molecule has 2 unspecified atom stereocenters. The van der Waals surface area contributed by atoms with Crippen LogP contribution >= 0.6 is 55.1 Å². The first kappa shape index (κ1) is 36.0. The lowest BCUT2D eigenvalue weighted by Crippen LogP contribution is -2.23. The highest BCUT2D eigenvalue weighted by atomic mass is 79.9. The van der Waals surface area contributed by atoms with Gasteiger partial charge in [-0.1, -0.05) is 79.3 Å². The van der Waals surface area contributed by atoms with Gasteiger partial charge in [0.15, 0.2) is 11.3 Å². The highest BCUT2D eigenvalue weighted by Crippen LogP contribution is 2.42. The Kier molecular flexibility index (Phi) is 9.88. The van der Waals surface area contributed by atoms with Crippen molar-refractivity contribution in [3.8, 4) is 11.5 Å². The van der Waals surface area contributed by atoms with Crippen molar-refractivity contribution in [1.82, 2.24) is 29.5 Å². The molecule has 6 heterocycles. The number of rotatable bonds is 8. The van der Waals surface area contributed by atoms with Gasteiger partial charge in [-0.3, -0.25) is 0 Å². The number of imidazole rings is 1. The Hall–Kier alpha value is -4.69. The summed E-state index contributed by atoms with van der Waals surface area (Å²) < 4.78 is 21.2. The lowest BCUT2D eigenvalue weighted by molar-refractivity contribution is 0.0939. The van der Waals surface area contributed by atoms with Crippen LogP contribution in [0.1, 0.15) is 0 Å². The van der Waals surface area contributed by atoms with E-state index in [2.05, 4.69) is 36.8 Å². The smallest absolute Gasteiger partial charge is 0.165 e. The van der Waals surface area contributed by atoms with Crippen LogP contribution in [0.5, 0.6) is 11.5 Å². The van der Waals surface area contributed by atoms with Crippen LogP contribution in [0.25, 0.3) is 65.7 Å². The zero-order valence-electron chi connectivity index (χ0n) is 28.7. The van der Waals surface area contributed by atoms with E-state index in [1.165, 1.54) is 0 Å². The molecular formula is C41H28Br2Cl2N6O4. The summed E-state index contributed by atoms with van der Waals surface area (Å²) in [5, 5.41) is 16.4. The summed E-state index contributed by atoms with van der Waals surface area (Å²) in [6.45, 7) is 1.70. The molecule has 10 rings (SSSR count). The summed E-state index contributed by atoms with van der Waals surface area (Å²) in [7, 11) is 0. The Morgan fingerprint density at radius 3 is 1.75 bits per heavy atom. The van der Waals surface area contributed by atoms with E-state index in [0.29, 0.717) is 45.6 Å². The predicted molar refractivity (Wildman–Crippen MR) is 223 cm³/mol. The number of aromatic nitrogens is 6. The molecule has 10 nitrogen and oxygen atoms in total. The molecule has 1 fully saturated rings. The third-order valence-electron chi connectivity index (χ3n) is 9.15. The molecule has 0 saturated carbocycles. The van der Waals surface area contributed by atoms with Crippen molar-refractivity contribution in [2.75, 3.05) is 19.8 Å². The summed E-state index contributed by atoms with van der Waals surface area (Å²) in [6, 6.07) is 27.1. The molecule has 0 spiro atoms. The van der Waals surface area contributed by atoms with Gasteiger partial charge in [-0.2, -0.15) is 0 Å². The number of halogens is 4. The van der Waals surface area contributed by atoms with Crippen molar-refractivity contribution in [2.24, 2.45) is 0 Å². The van der Waals surface area contributed by atoms with Gasteiger partial charge in [0.1, 0.15) is 36.9 Å². The molecule has 1 N–H and O–H groups in total. The number of aliphatic hydroxyl groups is 1. The van der Waals surface area contributed by atoms with Crippen molar-refractivity contribution >= 4 is 121 Å². The molecule has 1 saturated heterocycles. The molecule has 0 bridgehead atoms. The highest BCUT2D eigenvalue weighted by molar-refractivity contribution is 9.10. The quantitative estimate of drug-likeness (QED) is 0.117. The SMILES string of the molecule is Clc1c2cc(Br)ccc2nc2nc3ccccc3c(OCC3CO3)c12.OC(COc1c2ccccc2nc2nc3ccc(Br)cc3c(Cl)c12)Cn1ccnc1. The second-order valence-corrected chi connectivity index (χ2v) is 15.6. The Labute approximate surface area is 340 Å². The van der Waals surface area contributed by atoms with Crippen LogP contribution in [0.4, 0.5) is 0 Å². The number of nitrogens with zero attached hydrogens (tertiary/aromatic N) is 6. The van der Waals surface area contributed by atoms with Gasteiger partial charge in [0.05, 0.1) is 62.4 Å². The first-order chi connectivity index (χ1) is 26.8. The van der Waals surface area contributed by atoms with Crippen LogP contribution in [0, 0.1) is 0 Å². The molecule has 14 heteroatoms. The van der Waals surface area contributed by atoms with E-state index in [4.69, 9.17) is 57.3 Å². The number of ether oxygens (including phenoxy) is 3. The standard InChI is InChI=1S/C22H16BrClN4O2.C19H12BrClN2O2/c23-13-5-6-18-16(9-13)20(24)19-21(30-11-14(29)10-28-8-7-25-12-28)15-3-1-2-4-17(15)26-22(19)27-18;20-10-5-6-15-13(7-10)17(21)16-18(25-9-11-8-24-11)12-3-1-2-4-14(12)22-19(16)23-15/h1-9,12,14,29H,10-11H2;1-7,11H,8-9H2. The second-order valence-electron chi connectivity index (χ2n) is 13.0. The lowest BCUT2D eigenvalue weighted by atomic mass is 10.1. The van der Waals surface area contributed by atoms with Gasteiger partial charge in [0.2, 0.25) is 0 Å². The summed E-state index contributed by atoms with van der Waals surface area (Å²) in [5.41, 5.74) is 4.24. The molecule has 274 valence electrons. The average molecular weight is 899 g/mol. The summed E-state index contributed by atoms with van der Waals surface area (Å²) >= 11 is 20.6.